The number of ether oxygens (including phenoxy) is 1. The predicted molar refractivity (Wildman–Crippen MR) is 129 cm³/mol. The second-order valence-electron chi connectivity index (χ2n) is 8.58. The third-order valence-electron chi connectivity index (χ3n) is 6.00. The Kier molecular flexibility index (Phi) is 7.02. The molecule has 1 aliphatic rings. The zero-order valence-corrected chi connectivity index (χ0v) is 20.6. The normalized spacial score (nSPS) is 17.6. The Hall–Kier alpha value is -3.53. The van der Waals surface area contributed by atoms with Crippen LogP contribution in [0.2, 0.25) is 0 Å². The highest BCUT2D eigenvalue weighted by Gasteiger charge is 2.36. The van der Waals surface area contributed by atoms with Crippen LogP contribution in [0.15, 0.2) is 52.9 Å². The molecule has 0 radical (unpaired) electrons. The highest BCUT2D eigenvalue weighted by atomic mass is 32.2. The second-order valence-corrected chi connectivity index (χ2v) is 10.8. The van der Waals surface area contributed by atoms with Gasteiger partial charge < -0.3 is 14.1 Å². The molecule has 35 heavy (non-hydrogen) atoms. The summed E-state index contributed by atoms with van der Waals surface area (Å²) in [5.74, 6) is -0.349. The van der Waals surface area contributed by atoms with Crippen LogP contribution in [0.3, 0.4) is 0 Å². The molecule has 10 heteroatoms. The number of nitrogens with zero attached hydrogens (tertiary/aromatic N) is 3. The van der Waals surface area contributed by atoms with Crippen LogP contribution in [-0.2, 0) is 19.4 Å². The van der Waals surface area contributed by atoms with Crippen molar-refractivity contribution in [3.8, 4) is 22.9 Å². The maximum Gasteiger partial charge on any atom is 0.338 e. The van der Waals surface area contributed by atoms with E-state index in [1.165, 1.54) is 11.8 Å². The van der Waals surface area contributed by atoms with E-state index in [-0.39, 0.29) is 17.1 Å². The summed E-state index contributed by atoms with van der Waals surface area (Å²) >= 11 is 0. The maximum absolute atomic E-state index is 12.8. The molecular weight excluding hydrogens is 470 g/mol. The van der Waals surface area contributed by atoms with Crippen LogP contribution < -0.4 is 0 Å². The third kappa shape index (κ3) is 5.59. The molecule has 184 valence electrons. The number of carbonyl (C=O) groups excluding carboxylic acids is 2. The Bertz CT molecular complexity index is 1320. The van der Waals surface area contributed by atoms with Crippen molar-refractivity contribution in [3.63, 3.8) is 0 Å². The minimum absolute atomic E-state index is 0.0595. The summed E-state index contributed by atoms with van der Waals surface area (Å²) in [5, 5.41) is 8.17. The molecule has 3 aromatic rings. The number of rotatable bonds is 7. The molecule has 1 aliphatic heterocycles. The quantitative estimate of drug-likeness (QED) is 0.456. The Balaban J connectivity index is 1.40. The molecule has 0 aliphatic carbocycles. The Morgan fingerprint density at radius 1 is 1.06 bits per heavy atom. The van der Waals surface area contributed by atoms with Gasteiger partial charge in [-0.05, 0) is 63.6 Å². The minimum atomic E-state index is -3.14. The first-order valence-corrected chi connectivity index (χ1v) is 13.2. The number of hydrogen-bond acceptors (Lipinski definition) is 8. The number of aromatic nitrogens is 2. The minimum Gasteiger partial charge on any atom is -0.449 e. The first kappa shape index (κ1) is 24.6. The summed E-state index contributed by atoms with van der Waals surface area (Å²) in [7, 11) is -3.14. The average Bonchev–Trinajstić information content (AvgIpc) is 3.47. The lowest BCUT2D eigenvalue weighted by molar-refractivity contribution is -0.141. The molecular formula is C25H27N3O6S. The van der Waals surface area contributed by atoms with E-state index in [1.807, 2.05) is 31.2 Å². The van der Waals surface area contributed by atoms with Gasteiger partial charge in [0.2, 0.25) is 11.8 Å². The SMILES string of the molecule is CCN(C(=O)[C@H](C)OC(=O)c1ccc(-c2nnc(-c3ccc(C)cc3)o2)cc1)[C@@H]1CCS(=O)(=O)C1. The number of aryl methyl sites for hydroxylation is 1. The van der Waals surface area contributed by atoms with Crippen LogP contribution in [0.5, 0.6) is 0 Å². The van der Waals surface area contributed by atoms with E-state index in [0.717, 1.165) is 11.1 Å². The van der Waals surface area contributed by atoms with Gasteiger partial charge in [0.05, 0.1) is 17.1 Å². The van der Waals surface area contributed by atoms with Crippen molar-refractivity contribution in [3.05, 3.63) is 59.7 Å². The Morgan fingerprint density at radius 3 is 2.14 bits per heavy atom. The van der Waals surface area contributed by atoms with Crippen molar-refractivity contribution >= 4 is 21.7 Å². The summed E-state index contributed by atoms with van der Waals surface area (Å²) < 4.78 is 34.7. The summed E-state index contributed by atoms with van der Waals surface area (Å²) in [6.07, 6.45) is -0.649. The van der Waals surface area contributed by atoms with Crippen molar-refractivity contribution in [2.24, 2.45) is 0 Å². The fourth-order valence-electron chi connectivity index (χ4n) is 4.03. The average molecular weight is 498 g/mol. The van der Waals surface area contributed by atoms with Crippen LogP contribution >= 0.6 is 0 Å². The van der Waals surface area contributed by atoms with Crippen LogP contribution in [0.1, 0.15) is 36.2 Å². The molecule has 2 aromatic carbocycles. The predicted octanol–water partition coefficient (Wildman–Crippen LogP) is 3.29. The Morgan fingerprint density at radius 2 is 1.63 bits per heavy atom. The monoisotopic (exact) mass is 497 g/mol. The van der Waals surface area contributed by atoms with Gasteiger partial charge in [0.25, 0.3) is 5.91 Å². The van der Waals surface area contributed by atoms with E-state index in [2.05, 4.69) is 10.2 Å². The van der Waals surface area contributed by atoms with Crippen molar-refractivity contribution in [2.45, 2.75) is 39.3 Å². The van der Waals surface area contributed by atoms with Gasteiger partial charge in [0, 0.05) is 23.7 Å². The second kappa shape index (κ2) is 9.99. The highest BCUT2D eigenvalue weighted by Crippen LogP contribution is 2.25. The van der Waals surface area contributed by atoms with E-state index >= 15 is 0 Å². The maximum atomic E-state index is 12.8. The first-order valence-electron chi connectivity index (χ1n) is 11.4. The molecule has 0 N–H and O–H groups in total. The fourth-order valence-corrected chi connectivity index (χ4v) is 5.76. The first-order chi connectivity index (χ1) is 16.7. The van der Waals surface area contributed by atoms with Gasteiger partial charge in [-0.1, -0.05) is 17.7 Å². The molecule has 1 amide bonds. The summed E-state index contributed by atoms with van der Waals surface area (Å²) in [6.45, 7) is 5.60. The van der Waals surface area contributed by atoms with Crippen LogP contribution in [0.4, 0.5) is 0 Å². The summed E-state index contributed by atoms with van der Waals surface area (Å²) in [6, 6.07) is 13.8. The topological polar surface area (TPSA) is 120 Å². The fraction of sp³-hybridized carbons (Fsp3) is 0.360. The lowest BCUT2D eigenvalue weighted by Gasteiger charge is -2.29. The van der Waals surface area contributed by atoms with Gasteiger partial charge >= 0.3 is 5.97 Å². The Labute approximate surface area is 204 Å². The molecule has 0 spiro atoms. The lowest BCUT2D eigenvalue weighted by Crippen LogP contribution is -2.46. The van der Waals surface area contributed by atoms with E-state index in [0.29, 0.717) is 30.3 Å². The number of esters is 1. The molecule has 0 bridgehead atoms. The molecule has 1 fully saturated rings. The molecule has 1 saturated heterocycles. The number of amides is 1. The standard InChI is InChI=1S/C25H27N3O6S/c1-4-28(21-13-14-35(31,32)15-21)24(29)17(3)33-25(30)20-11-9-19(10-12-20)23-27-26-22(34-23)18-7-5-16(2)6-8-18/h5-12,17,21H,4,13-15H2,1-3H3/t17-,21+/m0/s1. The number of carbonyl (C=O) groups is 2. The summed E-state index contributed by atoms with van der Waals surface area (Å²) in [5.41, 5.74) is 2.83. The molecule has 0 unspecified atom stereocenters. The molecule has 9 nitrogen and oxygen atoms in total. The van der Waals surface area contributed by atoms with Gasteiger partial charge in [-0.2, -0.15) is 0 Å². The lowest BCUT2D eigenvalue weighted by atomic mass is 10.1. The van der Waals surface area contributed by atoms with Crippen molar-refractivity contribution < 1.29 is 27.2 Å². The van der Waals surface area contributed by atoms with Crippen LogP contribution in [-0.4, -0.2) is 65.6 Å². The summed E-state index contributed by atoms with van der Waals surface area (Å²) in [4.78, 5) is 26.9. The number of likely N-dealkylation sites (N-methyl/N-ethyl adjacent to an activating group) is 1. The smallest absolute Gasteiger partial charge is 0.338 e. The molecule has 2 atom stereocenters. The molecule has 1 aromatic heterocycles. The van der Waals surface area contributed by atoms with Crippen LogP contribution in [0, 0.1) is 6.92 Å². The van der Waals surface area contributed by atoms with Gasteiger partial charge in [-0.25, -0.2) is 13.2 Å². The third-order valence-corrected chi connectivity index (χ3v) is 7.75. The van der Waals surface area contributed by atoms with E-state index in [1.54, 1.807) is 31.2 Å². The molecule has 4 rings (SSSR count). The number of sulfone groups is 1. The number of benzene rings is 2. The van der Waals surface area contributed by atoms with Crippen LogP contribution in [0.25, 0.3) is 22.9 Å². The number of hydrogen-bond donors (Lipinski definition) is 0. The van der Waals surface area contributed by atoms with E-state index < -0.39 is 33.9 Å². The van der Waals surface area contributed by atoms with Gasteiger partial charge in [0.15, 0.2) is 15.9 Å². The van der Waals surface area contributed by atoms with Gasteiger partial charge in [-0.15, -0.1) is 10.2 Å². The van der Waals surface area contributed by atoms with E-state index in [4.69, 9.17) is 9.15 Å². The van der Waals surface area contributed by atoms with E-state index in [9.17, 15) is 18.0 Å². The molecule has 2 heterocycles. The van der Waals surface area contributed by atoms with Gasteiger partial charge in [-0.3, -0.25) is 4.79 Å². The largest absolute Gasteiger partial charge is 0.449 e. The zero-order valence-electron chi connectivity index (χ0n) is 19.8. The molecule has 0 saturated carbocycles. The van der Waals surface area contributed by atoms with Gasteiger partial charge in [0.1, 0.15) is 0 Å². The zero-order chi connectivity index (χ0) is 25.2. The van der Waals surface area contributed by atoms with Crippen molar-refractivity contribution in [1.82, 2.24) is 15.1 Å². The van der Waals surface area contributed by atoms with Crippen molar-refractivity contribution in [1.29, 1.82) is 0 Å². The highest BCUT2D eigenvalue weighted by molar-refractivity contribution is 7.91. The van der Waals surface area contributed by atoms with Crippen molar-refractivity contribution in [2.75, 3.05) is 18.1 Å².